The molecule has 0 atom stereocenters. The number of hydrogen-bond acceptors (Lipinski definition) is 4. The molecule has 0 radical (unpaired) electrons. The fourth-order valence-corrected chi connectivity index (χ4v) is 1.67. The van der Waals surface area contributed by atoms with Crippen LogP contribution in [0.2, 0.25) is 0 Å². The van der Waals surface area contributed by atoms with E-state index in [1.54, 1.807) is 0 Å². The number of rotatable bonds is 4. The smallest absolute Gasteiger partial charge is 0.140 e. The molecule has 0 saturated heterocycles. The zero-order valence-corrected chi connectivity index (χ0v) is 9.77. The maximum Gasteiger partial charge on any atom is 0.140 e. The molecule has 14 heavy (non-hydrogen) atoms. The fourth-order valence-electron chi connectivity index (χ4n) is 1.06. The molecular weight excluding hydrogens is 194 g/mol. The van der Waals surface area contributed by atoms with E-state index in [1.165, 1.54) is 0 Å². The number of nitrogen functional groups attached to an aromatic ring is 1. The van der Waals surface area contributed by atoms with E-state index in [0.29, 0.717) is 11.1 Å². The number of anilines is 1. The van der Waals surface area contributed by atoms with Crippen molar-refractivity contribution >= 4 is 17.6 Å². The van der Waals surface area contributed by atoms with Crippen LogP contribution in [0, 0.1) is 0 Å². The maximum absolute atomic E-state index is 5.68. The summed E-state index contributed by atoms with van der Waals surface area (Å²) in [5.41, 5.74) is 6.71. The second-order valence-corrected chi connectivity index (χ2v) is 4.98. The van der Waals surface area contributed by atoms with Gasteiger partial charge in [0.1, 0.15) is 11.6 Å². The Labute approximate surface area is 89.5 Å². The second kappa shape index (κ2) is 5.20. The van der Waals surface area contributed by atoms with E-state index < -0.39 is 0 Å². The van der Waals surface area contributed by atoms with Crippen molar-refractivity contribution in [3.63, 3.8) is 0 Å². The summed E-state index contributed by atoms with van der Waals surface area (Å²) in [4.78, 5) is 8.61. The Kier molecular flexibility index (Phi) is 4.20. The van der Waals surface area contributed by atoms with Gasteiger partial charge in [-0.25, -0.2) is 9.97 Å². The number of aromatic nitrogens is 2. The van der Waals surface area contributed by atoms with Gasteiger partial charge in [0, 0.05) is 11.8 Å². The first-order valence-electron chi connectivity index (χ1n) is 4.85. The molecule has 0 aliphatic carbocycles. The predicted octanol–water partition coefficient (Wildman–Crippen LogP) is 2.26. The van der Waals surface area contributed by atoms with Crippen molar-refractivity contribution in [2.24, 2.45) is 0 Å². The molecule has 78 valence electrons. The van der Waals surface area contributed by atoms with Crippen LogP contribution in [0.25, 0.3) is 0 Å². The number of nitrogens with two attached hydrogens (primary N) is 1. The Morgan fingerprint density at radius 3 is 2.71 bits per heavy atom. The minimum absolute atomic E-state index is 0.580. The molecule has 0 saturated carbocycles. The highest BCUT2D eigenvalue weighted by Gasteiger charge is 2.03. The van der Waals surface area contributed by atoms with Crippen LogP contribution < -0.4 is 5.73 Å². The molecule has 0 aliphatic heterocycles. The van der Waals surface area contributed by atoms with E-state index in [2.05, 4.69) is 30.7 Å². The first-order chi connectivity index (χ1) is 6.61. The Morgan fingerprint density at radius 2 is 2.14 bits per heavy atom. The number of nitrogens with zero attached hydrogens (tertiary/aromatic N) is 2. The van der Waals surface area contributed by atoms with E-state index in [4.69, 9.17) is 5.73 Å². The zero-order chi connectivity index (χ0) is 10.6. The van der Waals surface area contributed by atoms with Gasteiger partial charge in [0.15, 0.2) is 0 Å². The molecule has 0 aromatic carbocycles. The first kappa shape index (κ1) is 11.3. The Balaban J connectivity index is 2.71. The van der Waals surface area contributed by atoms with Crippen LogP contribution >= 0.6 is 11.8 Å². The summed E-state index contributed by atoms with van der Waals surface area (Å²) in [5, 5.41) is 0.602. The van der Waals surface area contributed by atoms with Gasteiger partial charge in [0.25, 0.3) is 0 Å². The average molecular weight is 211 g/mol. The molecule has 3 nitrogen and oxygen atoms in total. The molecule has 0 spiro atoms. The number of aryl methyl sites for hydroxylation is 1. The van der Waals surface area contributed by atoms with Gasteiger partial charge in [-0.1, -0.05) is 20.8 Å². The van der Waals surface area contributed by atoms with Gasteiger partial charge in [0.2, 0.25) is 0 Å². The highest BCUT2D eigenvalue weighted by molar-refractivity contribution is 7.99. The van der Waals surface area contributed by atoms with Crippen LogP contribution in [0.1, 0.15) is 32.3 Å². The molecule has 1 heterocycles. The third kappa shape index (κ3) is 3.54. The Hall–Kier alpha value is -0.770. The van der Waals surface area contributed by atoms with Crippen molar-refractivity contribution in [2.75, 3.05) is 5.73 Å². The SMILES string of the molecule is CCc1cc(N)nc(CSC(C)C)n1. The molecule has 0 fully saturated rings. The summed E-state index contributed by atoms with van der Waals surface area (Å²) in [5.74, 6) is 2.27. The van der Waals surface area contributed by atoms with Gasteiger partial charge < -0.3 is 5.73 Å². The minimum Gasteiger partial charge on any atom is -0.384 e. The average Bonchev–Trinajstić information content (AvgIpc) is 2.14. The van der Waals surface area contributed by atoms with Crippen molar-refractivity contribution in [1.82, 2.24) is 9.97 Å². The van der Waals surface area contributed by atoms with Crippen molar-refractivity contribution < 1.29 is 0 Å². The van der Waals surface area contributed by atoms with Crippen LogP contribution in [0.5, 0.6) is 0 Å². The van der Waals surface area contributed by atoms with Gasteiger partial charge in [0.05, 0.1) is 5.75 Å². The van der Waals surface area contributed by atoms with E-state index in [9.17, 15) is 0 Å². The molecule has 1 aromatic heterocycles. The summed E-state index contributed by atoms with van der Waals surface area (Å²) in [6.45, 7) is 6.40. The van der Waals surface area contributed by atoms with Gasteiger partial charge >= 0.3 is 0 Å². The highest BCUT2D eigenvalue weighted by Crippen LogP contribution is 2.15. The summed E-state index contributed by atoms with van der Waals surface area (Å²) >= 11 is 1.83. The first-order valence-corrected chi connectivity index (χ1v) is 5.90. The molecule has 4 heteroatoms. The molecule has 0 bridgehead atoms. The molecular formula is C10H17N3S. The van der Waals surface area contributed by atoms with Gasteiger partial charge in [-0.3, -0.25) is 0 Å². The highest BCUT2D eigenvalue weighted by atomic mass is 32.2. The normalized spacial score (nSPS) is 10.9. The largest absolute Gasteiger partial charge is 0.384 e. The van der Waals surface area contributed by atoms with Crippen molar-refractivity contribution in [2.45, 2.75) is 38.2 Å². The monoisotopic (exact) mass is 211 g/mol. The standard InChI is InChI=1S/C10H17N3S/c1-4-8-5-9(11)13-10(12-8)6-14-7(2)3/h5,7H,4,6H2,1-3H3,(H2,11,12,13). The quantitative estimate of drug-likeness (QED) is 0.830. The van der Waals surface area contributed by atoms with Crippen LogP contribution in [0.15, 0.2) is 6.07 Å². The topological polar surface area (TPSA) is 51.8 Å². The van der Waals surface area contributed by atoms with Crippen LogP contribution in [-0.4, -0.2) is 15.2 Å². The molecule has 0 amide bonds. The molecule has 2 N–H and O–H groups in total. The maximum atomic E-state index is 5.68. The van der Waals surface area contributed by atoms with E-state index >= 15 is 0 Å². The molecule has 0 aliphatic rings. The lowest BCUT2D eigenvalue weighted by molar-refractivity contribution is 0.942. The third-order valence-electron chi connectivity index (χ3n) is 1.75. The minimum atomic E-state index is 0.580. The van der Waals surface area contributed by atoms with E-state index in [0.717, 1.165) is 23.7 Å². The van der Waals surface area contributed by atoms with Crippen molar-refractivity contribution in [3.05, 3.63) is 17.6 Å². The van der Waals surface area contributed by atoms with E-state index in [1.807, 2.05) is 17.8 Å². The lowest BCUT2D eigenvalue weighted by atomic mass is 10.3. The summed E-state index contributed by atoms with van der Waals surface area (Å²) in [6, 6.07) is 1.84. The summed E-state index contributed by atoms with van der Waals surface area (Å²) in [7, 11) is 0. The Morgan fingerprint density at radius 1 is 1.43 bits per heavy atom. The summed E-state index contributed by atoms with van der Waals surface area (Å²) in [6.07, 6.45) is 0.909. The number of thioether (sulfide) groups is 1. The van der Waals surface area contributed by atoms with Crippen LogP contribution in [0.4, 0.5) is 5.82 Å². The lowest BCUT2D eigenvalue weighted by Gasteiger charge is -2.05. The van der Waals surface area contributed by atoms with Crippen LogP contribution in [0.3, 0.4) is 0 Å². The third-order valence-corrected chi connectivity index (χ3v) is 2.84. The van der Waals surface area contributed by atoms with E-state index in [-0.39, 0.29) is 0 Å². The fraction of sp³-hybridized carbons (Fsp3) is 0.600. The summed E-state index contributed by atoms with van der Waals surface area (Å²) < 4.78 is 0. The predicted molar refractivity (Wildman–Crippen MR) is 62.3 cm³/mol. The molecule has 1 aromatic rings. The van der Waals surface area contributed by atoms with Gasteiger partial charge in [-0.2, -0.15) is 11.8 Å². The van der Waals surface area contributed by atoms with Crippen molar-refractivity contribution in [1.29, 1.82) is 0 Å². The molecule has 0 unspecified atom stereocenters. The van der Waals surface area contributed by atoms with Crippen molar-refractivity contribution in [3.8, 4) is 0 Å². The zero-order valence-electron chi connectivity index (χ0n) is 8.95. The number of hydrogen-bond donors (Lipinski definition) is 1. The van der Waals surface area contributed by atoms with Crippen LogP contribution in [-0.2, 0) is 12.2 Å². The second-order valence-electron chi connectivity index (χ2n) is 3.41. The van der Waals surface area contributed by atoms with Gasteiger partial charge in [-0.05, 0) is 11.7 Å². The van der Waals surface area contributed by atoms with Gasteiger partial charge in [-0.15, -0.1) is 0 Å². The Bertz CT molecular complexity index is 299. The lowest BCUT2D eigenvalue weighted by Crippen LogP contribution is -2.02. The molecule has 1 rings (SSSR count).